The number of rotatable bonds is 5. The van der Waals surface area contributed by atoms with Crippen LogP contribution in [0.5, 0.6) is 0 Å². The summed E-state index contributed by atoms with van der Waals surface area (Å²) in [5, 5.41) is 11.1. The predicted octanol–water partition coefficient (Wildman–Crippen LogP) is 1.47. The summed E-state index contributed by atoms with van der Waals surface area (Å²) in [6, 6.07) is 10.1. The lowest BCUT2D eigenvalue weighted by Crippen LogP contribution is -2.48. The van der Waals surface area contributed by atoms with Gasteiger partial charge in [0.15, 0.2) is 0 Å². The van der Waals surface area contributed by atoms with Crippen LogP contribution in [0, 0.1) is 0 Å². The summed E-state index contributed by atoms with van der Waals surface area (Å²) in [6.45, 7) is 2.04. The van der Waals surface area contributed by atoms with Gasteiger partial charge in [0.25, 0.3) is 0 Å². The quantitative estimate of drug-likeness (QED) is 0.745. The molecule has 0 radical (unpaired) electrons. The molecule has 1 atom stereocenters. The Labute approximate surface area is 91.2 Å². The Morgan fingerprint density at radius 3 is 2.40 bits per heavy atom. The van der Waals surface area contributed by atoms with Crippen molar-refractivity contribution in [1.82, 2.24) is 5.06 Å². The van der Waals surface area contributed by atoms with E-state index in [1.165, 1.54) is 5.56 Å². The first-order valence-corrected chi connectivity index (χ1v) is 5.05. The van der Waals surface area contributed by atoms with Crippen molar-refractivity contribution in [3.05, 3.63) is 35.9 Å². The van der Waals surface area contributed by atoms with E-state index in [0.717, 1.165) is 6.42 Å². The van der Waals surface area contributed by atoms with E-state index in [1.807, 2.05) is 32.2 Å². The summed E-state index contributed by atoms with van der Waals surface area (Å²) in [6.07, 6.45) is 0.759. The third kappa shape index (κ3) is 3.02. The first-order chi connectivity index (χ1) is 7.12. The van der Waals surface area contributed by atoms with Gasteiger partial charge in [-0.15, -0.1) is 0 Å². The molecule has 1 aromatic rings. The zero-order valence-electron chi connectivity index (χ0n) is 9.60. The maximum Gasteiger partial charge on any atom is 0.0701 e. The maximum absolute atomic E-state index is 9.43. The number of aliphatic hydroxyl groups is 1. The van der Waals surface area contributed by atoms with E-state index in [9.17, 15) is 5.11 Å². The molecule has 1 unspecified atom stereocenters. The van der Waals surface area contributed by atoms with Crippen LogP contribution in [-0.2, 0) is 11.3 Å². The molecule has 0 aliphatic rings. The topological polar surface area (TPSA) is 32.7 Å². The molecular weight excluding hydrogens is 190 g/mol. The standard InChI is InChI=1S/C12H19NO2/c1-12(10-14,13(2)15-3)9-11-7-5-4-6-8-11/h4-8,14H,9-10H2,1-3H3. The third-order valence-corrected chi connectivity index (χ3v) is 2.80. The van der Waals surface area contributed by atoms with Crippen molar-refractivity contribution in [2.24, 2.45) is 0 Å². The maximum atomic E-state index is 9.43. The molecule has 15 heavy (non-hydrogen) atoms. The highest BCUT2D eigenvalue weighted by Crippen LogP contribution is 2.18. The largest absolute Gasteiger partial charge is 0.394 e. The summed E-state index contributed by atoms with van der Waals surface area (Å²) < 4.78 is 0. The number of nitrogens with zero attached hydrogens (tertiary/aromatic N) is 1. The lowest BCUT2D eigenvalue weighted by molar-refractivity contribution is -0.188. The van der Waals surface area contributed by atoms with E-state index in [-0.39, 0.29) is 12.1 Å². The third-order valence-electron chi connectivity index (χ3n) is 2.80. The molecule has 1 N–H and O–H groups in total. The SMILES string of the molecule is CON(C)C(C)(CO)Cc1ccccc1. The molecule has 0 aliphatic carbocycles. The Balaban J connectivity index is 2.77. The van der Waals surface area contributed by atoms with Gasteiger partial charge in [0, 0.05) is 7.05 Å². The second kappa shape index (κ2) is 5.26. The Bertz CT molecular complexity index is 289. The minimum Gasteiger partial charge on any atom is -0.394 e. The molecule has 0 fully saturated rings. The molecule has 0 amide bonds. The highest BCUT2D eigenvalue weighted by molar-refractivity contribution is 5.17. The van der Waals surface area contributed by atoms with E-state index >= 15 is 0 Å². The first kappa shape index (κ1) is 12.2. The molecule has 1 rings (SSSR count). The van der Waals surface area contributed by atoms with E-state index in [0.29, 0.717) is 0 Å². The van der Waals surface area contributed by atoms with Crippen LogP contribution in [0.2, 0.25) is 0 Å². The average Bonchev–Trinajstić information content (AvgIpc) is 2.29. The van der Waals surface area contributed by atoms with E-state index < -0.39 is 0 Å². The Morgan fingerprint density at radius 1 is 1.33 bits per heavy atom. The van der Waals surface area contributed by atoms with Crippen LogP contribution in [0.1, 0.15) is 12.5 Å². The van der Waals surface area contributed by atoms with Crippen molar-refractivity contribution >= 4 is 0 Å². The highest BCUT2D eigenvalue weighted by atomic mass is 16.7. The van der Waals surface area contributed by atoms with Gasteiger partial charge in [0.05, 0.1) is 19.3 Å². The van der Waals surface area contributed by atoms with E-state index in [1.54, 1.807) is 12.2 Å². The Hall–Kier alpha value is -0.900. The molecular formula is C12H19NO2. The molecule has 0 saturated carbocycles. The molecule has 0 bridgehead atoms. The van der Waals surface area contributed by atoms with Crippen LogP contribution in [0.15, 0.2) is 30.3 Å². The number of hydrogen-bond donors (Lipinski definition) is 1. The highest BCUT2D eigenvalue weighted by Gasteiger charge is 2.29. The number of aliphatic hydroxyl groups excluding tert-OH is 1. The van der Waals surface area contributed by atoms with E-state index in [2.05, 4.69) is 12.1 Å². The van der Waals surface area contributed by atoms with Crippen molar-refractivity contribution in [2.45, 2.75) is 18.9 Å². The van der Waals surface area contributed by atoms with Gasteiger partial charge in [-0.05, 0) is 18.9 Å². The van der Waals surface area contributed by atoms with Gasteiger partial charge in [-0.1, -0.05) is 30.3 Å². The molecule has 3 heteroatoms. The summed E-state index contributed by atoms with van der Waals surface area (Å²) >= 11 is 0. The molecule has 1 aromatic carbocycles. The lowest BCUT2D eigenvalue weighted by atomic mass is 9.93. The van der Waals surface area contributed by atoms with Crippen LogP contribution < -0.4 is 0 Å². The van der Waals surface area contributed by atoms with Crippen LogP contribution >= 0.6 is 0 Å². The van der Waals surface area contributed by atoms with Crippen LogP contribution in [0.3, 0.4) is 0 Å². The summed E-state index contributed by atoms with van der Waals surface area (Å²) in [5.74, 6) is 0. The van der Waals surface area contributed by atoms with Gasteiger partial charge < -0.3 is 9.94 Å². The fourth-order valence-corrected chi connectivity index (χ4v) is 1.52. The summed E-state index contributed by atoms with van der Waals surface area (Å²) in [7, 11) is 3.44. The number of likely N-dealkylation sites (N-methyl/N-ethyl adjacent to an activating group) is 1. The molecule has 0 saturated heterocycles. The zero-order valence-corrected chi connectivity index (χ0v) is 9.60. The van der Waals surface area contributed by atoms with Crippen molar-refractivity contribution in [3.8, 4) is 0 Å². The van der Waals surface area contributed by atoms with Crippen LogP contribution in [0.4, 0.5) is 0 Å². The van der Waals surface area contributed by atoms with Gasteiger partial charge in [-0.3, -0.25) is 0 Å². The van der Waals surface area contributed by atoms with Crippen molar-refractivity contribution in [3.63, 3.8) is 0 Å². The second-order valence-corrected chi connectivity index (χ2v) is 4.00. The molecule has 3 nitrogen and oxygen atoms in total. The van der Waals surface area contributed by atoms with Crippen LogP contribution in [-0.4, -0.2) is 36.5 Å². The second-order valence-electron chi connectivity index (χ2n) is 4.00. The average molecular weight is 209 g/mol. The van der Waals surface area contributed by atoms with Crippen molar-refractivity contribution in [2.75, 3.05) is 20.8 Å². The van der Waals surface area contributed by atoms with Gasteiger partial charge in [-0.25, -0.2) is 0 Å². The minimum atomic E-state index is -0.379. The fourth-order valence-electron chi connectivity index (χ4n) is 1.52. The zero-order chi connectivity index (χ0) is 11.3. The molecule has 0 spiro atoms. The van der Waals surface area contributed by atoms with Gasteiger partial charge in [-0.2, -0.15) is 5.06 Å². The molecule has 84 valence electrons. The summed E-state index contributed by atoms with van der Waals surface area (Å²) in [4.78, 5) is 5.15. The number of hydroxylamine groups is 2. The van der Waals surface area contributed by atoms with Crippen molar-refractivity contribution < 1.29 is 9.94 Å². The smallest absolute Gasteiger partial charge is 0.0701 e. The van der Waals surface area contributed by atoms with Gasteiger partial charge in [0.2, 0.25) is 0 Å². The Morgan fingerprint density at radius 2 is 1.93 bits per heavy atom. The molecule has 0 heterocycles. The first-order valence-electron chi connectivity index (χ1n) is 5.05. The summed E-state index contributed by atoms with van der Waals surface area (Å²) in [5.41, 5.74) is 0.814. The predicted molar refractivity (Wildman–Crippen MR) is 60.4 cm³/mol. The van der Waals surface area contributed by atoms with Crippen LogP contribution in [0.25, 0.3) is 0 Å². The van der Waals surface area contributed by atoms with Crippen molar-refractivity contribution in [1.29, 1.82) is 0 Å². The number of hydrogen-bond acceptors (Lipinski definition) is 3. The monoisotopic (exact) mass is 209 g/mol. The number of benzene rings is 1. The molecule has 0 aromatic heterocycles. The minimum absolute atomic E-state index is 0.0617. The van der Waals surface area contributed by atoms with E-state index in [4.69, 9.17) is 4.84 Å². The van der Waals surface area contributed by atoms with Gasteiger partial charge in [0.1, 0.15) is 0 Å². The van der Waals surface area contributed by atoms with Gasteiger partial charge >= 0.3 is 0 Å². The fraction of sp³-hybridized carbons (Fsp3) is 0.500. The normalized spacial score (nSPS) is 15.3. The molecule has 0 aliphatic heterocycles. The lowest BCUT2D eigenvalue weighted by Gasteiger charge is -2.35. The Kier molecular flexibility index (Phi) is 4.27.